The van der Waals surface area contributed by atoms with Gasteiger partial charge in [-0.2, -0.15) is 0 Å². The highest BCUT2D eigenvalue weighted by Crippen LogP contribution is 2.33. The van der Waals surface area contributed by atoms with Crippen molar-refractivity contribution in [1.29, 1.82) is 0 Å². The second kappa shape index (κ2) is 35.4. The molecule has 0 aromatic heterocycles. The van der Waals surface area contributed by atoms with Crippen LogP contribution in [0.4, 0.5) is 0 Å². The summed E-state index contributed by atoms with van der Waals surface area (Å²) in [6.07, 6.45) is 4.80. The van der Waals surface area contributed by atoms with Gasteiger partial charge in [0, 0.05) is 6.42 Å². The van der Waals surface area contributed by atoms with Gasteiger partial charge in [-0.1, -0.05) is 141 Å². The summed E-state index contributed by atoms with van der Waals surface area (Å²) in [6.45, 7) is 1.62. The summed E-state index contributed by atoms with van der Waals surface area (Å²) >= 11 is 0. The zero-order valence-corrected chi connectivity index (χ0v) is 41.3. The fraction of sp³-hybridized carbons (Fsp3) is 0.900. The van der Waals surface area contributed by atoms with Gasteiger partial charge in [-0.15, -0.1) is 0 Å². The molecule has 0 aromatic carbocycles. The quantitative estimate of drug-likeness (QED) is 0.0316. The van der Waals surface area contributed by atoms with Gasteiger partial charge in [0.25, 0.3) is 0 Å². The minimum Gasteiger partial charge on any atom is -0.394 e. The number of aliphatic hydroxyl groups excluding tert-OH is 11. The highest BCUT2D eigenvalue weighted by molar-refractivity contribution is 5.76. The molecule has 69 heavy (non-hydrogen) atoms. The van der Waals surface area contributed by atoms with E-state index in [0.29, 0.717) is 12.8 Å². The van der Waals surface area contributed by atoms with Crippen LogP contribution in [0.1, 0.15) is 155 Å². The first-order chi connectivity index (χ1) is 33.3. The maximum Gasteiger partial charge on any atom is 0.220 e. The highest BCUT2D eigenvalue weighted by atomic mass is 16.8. The normalized spacial score (nSPS) is 33.0. The molecule has 3 rings (SSSR count). The van der Waals surface area contributed by atoms with Crippen LogP contribution in [0, 0.1) is 0 Å². The van der Waals surface area contributed by atoms with E-state index < -0.39 is 124 Å². The van der Waals surface area contributed by atoms with Gasteiger partial charge in [0.05, 0.1) is 38.6 Å². The zero-order valence-electron chi connectivity index (χ0n) is 41.3. The molecule has 3 aliphatic rings. The van der Waals surface area contributed by atoms with Crippen molar-refractivity contribution in [3.05, 3.63) is 24.3 Å². The average Bonchev–Trinajstić information content (AvgIpc) is 3.34. The van der Waals surface area contributed by atoms with Gasteiger partial charge in [0.15, 0.2) is 18.9 Å². The summed E-state index contributed by atoms with van der Waals surface area (Å²) in [7, 11) is 0. The predicted octanol–water partition coefficient (Wildman–Crippen LogP) is 2.03. The van der Waals surface area contributed by atoms with Crippen LogP contribution in [0.5, 0.6) is 0 Å². The van der Waals surface area contributed by atoms with Gasteiger partial charge in [-0.25, -0.2) is 0 Å². The van der Waals surface area contributed by atoms with Crippen molar-refractivity contribution >= 4 is 5.91 Å². The average molecular weight is 994 g/mol. The largest absolute Gasteiger partial charge is 0.394 e. The Hall–Kier alpha value is -1.73. The molecule has 19 heteroatoms. The SMILES string of the molecule is CCCCCC/C=C/CC/C=C/C(O)C(COC1OC(CO)C(OC2OC(CO)C(OC3OC(CO)C(O)C(O)C3O)C(O)C2O)C(O)C1O)NC(=O)CCCCCCCCCCCCCCCC. The van der Waals surface area contributed by atoms with E-state index in [1.54, 1.807) is 6.08 Å². The summed E-state index contributed by atoms with van der Waals surface area (Å²) in [6, 6.07) is -0.982. The first-order valence-electron chi connectivity index (χ1n) is 26.1. The molecule has 0 radical (unpaired) electrons. The number of hydrogen-bond donors (Lipinski definition) is 12. The number of amides is 1. The van der Waals surface area contributed by atoms with E-state index in [1.165, 1.54) is 83.5 Å². The number of hydrogen-bond acceptors (Lipinski definition) is 18. The fourth-order valence-electron chi connectivity index (χ4n) is 8.85. The van der Waals surface area contributed by atoms with Crippen LogP contribution < -0.4 is 5.32 Å². The number of unbranched alkanes of at least 4 members (excludes halogenated alkanes) is 18. The number of carbonyl (C=O) groups excluding carboxylic acids is 1. The molecule has 12 N–H and O–H groups in total. The molecule has 3 heterocycles. The Morgan fingerprint density at radius 3 is 1.45 bits per heavy atom. The summed E-state index contributed by atoms with van der Waals surface area (Å²) < 4.78 is 34.1. The molecule has 0 aromatic rings. The Labute approximate surface area is 409 Å². The molecule has 3 fully saturated rings. The standard InChI is InChI=1S/C50H91NO18/c1-3-5-7-9-11-13-15-16-17-18-20-22-24-26-28-38(56)51-33(34(55)27-25-23-21-19-14-12-10-8-6-4-2)32-64-48-44(62)41(59)46(36(30-53)66-48)69-50-45(63)42(60)47(37(31-54)67-50)68-49-43(61)40(58)39(57)35(29-52)65-49/h14,19,25,27,33-37,39-50,52-55,57-63H,3-13,15-18,20-24,26,28-32H2,1-2H3,(H,51,56)/b19-14+,27-25+. The molecule has 3 saturated heterocycles. The topological polar surface area (TPSA) is 307 Å². The Kier molecular flexibility index (Phi) is 31.6. The maximum absolute atomic E-state index is 13.2. The van der Waals surface area contributed by atoms with Gasteiger partial charge >= 0.3 is 0 Å². The Balaban J connectivity index is 1.56. The molecule has 19 nitrogen and oxygen atoms in total. The van der Waals surface area contributed by atoms with E-state index in [9.17, 15) is 61.0 Å². The third-order valence-electron chi connectivity index (χ3n) is 13.3. The Morgan fingerprint density at radius 1 is 0.507 bits per heavy atom. The number of nitrogens with one attached hydrogen (secondary N) is 1. The molecule has 17 unspecified atom stereocenters. The van der Waals surface area contributed by atoms with E-state index in [2.05, 4.69) is 31.3 Å². The van der Waals surface area contributed by atoms with Crippen LogP contribution in [0.15, 0.2) is 24.3 Å². The molecular weight excluding hydrogens is 903 g/mol. The fourth-order valence-corrected chi connectivity index (χ4v) is 8.85. The van der Waals surface area contributed by atoms with E-state index in [4.69, 9.17) is 28.4 Å². The molecule has 404 valence electrons. The third kappa shape index (κ3) is 21.3. The minimum atomic E-state index is -1.98. The van der Waals surface area contributed by atoms with Gasteiger partial charge in [-0.3, -0.25) is 4.79 Å². The maximum atomic E-state index is 13.2. The second-order valence-corrected chi connectivity index (χ2v) is 19.0. The van der Waals surface area contributed by atoms with E-state index >= 15 is 0 Å². The molecular formula is C50H91NO18. The van der Waals surface area contributed by atoms with Gasteiger partial charge in [0.2, 0.25) is 5.91 Å². The number of aliphatic hydroxyl groups is 11. The summed E-state index contributed by atoms with van der Waals surface area (Å²) in [4.78, 5) is 13.2. The Bertz CT molecular complexity index is 1380. The van der Waals surface area contributed by atoms with Crippen molar-refractivity contribution in [2.24, 2.45) is 0 Å². The third-order valence-corrected chi connectivity index (χ3v) is 13.3. The van der Waals surface area contributed by atoms with Crippen molar-refractivity contribution in [3.63, 3.8) is 0 Å². The van der Waals surface area contributed by atoms with Crippen molar-refractivity contribution in [3.8, 4) is 0 Å². The van der Waals surface area contributed by atoms with Crippen molar-refractivity contribution in [2.75, 3.05) is 26.4 Å². The van der Waals surface area contributed by atoms with Gasteiger partial charge < -0.3 is 89.9 Å². The van der Waals surface area contributed by atoms with Crippen LogP contribution in [-0.2, 0) is 33.2 Å². The first kappa shape index (κ1) is 61.6. The molecule has 0 aliphatic carbocycles. The number of allylic oxidation sites excluding steroid dienone is 3. The molecule has 0 saturated carbocycles. The van der Waals surface area contributed by atoms with Crippen molar-refractivity contribution in [2.45, 2.75) is 259 Å². The smallest absolute Gasteiger partial charge is 0.220 e. The van der Waals surface area contributed by atoms with Crippen molar-refractivity contribution < 1.29 is 89.4 Å². The van der Waals surface area contributed by atoms with Gasteiger partial charge in [0.1, 0.15) is 73.2 Å². The van der Waals surface area contributed by atoms with E-state index in [0.717, 1.165) is 38.5 Å². The molecule has 17 atom stereocenters. The lowest BCUT2D eigenvalue weighted by atomic mass is 9.96. The van der Waals surface area contributed by atoms with E-state index in [1.807, 2.05) is 6.08 Å². The van der Waals surface area contributed by atoms with Crippen LogP contribution in [0.2, 0.25) is 0 Å². The zero-order chi connectivity index (χ0) is 50.6. The van der Waals surface area contributed by atoms with Crippen molar-refractivity contribution in [1.82, 2.24) is 5.32 Å². The summed E-state index contributed by atoms with van der Waals surface area (Å²) in [5.74, 6) is -0.289. The number of rotatable bonds is 36. The highest BCUT2D eigenvalue weighted by Gasteiger charge is 2.53. The lowest BCUT2D eigenvalue weighted by Crippen LogP contribution is -2.66. The monoisotopic (exact) mass is 994 g/mol. The summed E-state index contributed by atoms with van der Waals surface area (Å²) in [5, 5.41) is 119. The van der Waals surface area contributed by atoms with Gasteiger partial charge in [-0.05, 0) is 32.1 Å². The lowest BCUT2D eigenvalue weighted by Gasteiger charge is -2.48. The summed E-state index contributed by atoms with van der Waals surface area (Å²) in [5.41, 5.74) is 0. The number of ether oxygens (including phenoxy) is 6. The van der Waals surface area contributed by atoms with Crippen LogP contribution in [-0.4, -0.2) is 193 Å². The predicted molar refractivity (Wildman–Crippen MR) is 254 cm³/mol. The van der Waals surface area contributed by atoms with Crippen LogP contribution in [0.3, 0.4) is 0 Å². The minimum absolute atomic E-state index is 0.239. The second-order valence-electron chi connectivity index (χ2n) is 19.0. The van der Waals surface area contributed by atoms with Crippen LogP contribution >= 0.6 is 0 Å². The number of carbonyl (C=O) groups is 1. The lowest BCUT2D eigenvalue weighted by molar-refractivity contribution is -0.379. The molecule has 3 aliphatic heterocycles. The molecule has 1 amide bonds. The molecule has 0 spiro atoms. The first-order valence-corrected chi connectivity index (χ1v) is 26.1. The Morgan fingerprint density at radius 2 is 0.928 bits per heavy atom. The van der Waals surface area contributed by atoms with E-state index in [-0.39, 0.29) is 18.9 Å². The van der Waals surface area contributed by atoms with Crippen LogP contribution in [0.25, 0.3) is 0 Å². The molecule has 0 bridgehead atoms.